The normalized spacial score (nSPS) is 12.2. The fourth-order valence-corrected chi connectivity index (χ4v) is 5.31. The third kappa shape index (κ3) is 28.0. The number of unbranched alkanes of at least 4 members (excludes halogenated alkanes) is 22. The molecule has 0 fully saturated rings. The van der Waals surface area contributed by atoms with E-state index < -0.39 is 0 Å². The quantitative estimate of drug-likeness (QED) is 0.0712. The number of carbonyl (C=O) groups is 1. The molecule has 1 unspecified atom stereocenters. The van der Waals surface area contributed by atoms with Gasteiger partial charge in [0, 0.05) is 6.42 Å². The highest BCUT2D eigenvalue weighted by molar-refractivity contribution is 5.69. The van der Waals surface area contributed by atoms with Crippen LogP contribution in [0.1, 0.15) is 201 Å². The first-order chi connectivity index (χ1) is 17.7. The van der Waals surface area contributed by atoms with Crippen molar-refractivity contribution in [3.05, 3.63) is 0 Å². The predicted molar refractivity (Wildman–Crippen MR) is 161 cm³/mol. The van der Waals surface area contributed by atoms with E-state index in [2.05, 4.69) is 20.8 Å². The van der Waals surface area contributed by atoms with Gasteiger partial charge in [-0.3, -0.25) is 4.79 Å². The van der Waals surface area contributed by atoms with Crippen LogP contribution < -0.4 is 0 Å². The molecule has 0 aromatic heterocycles. The Kier molecular flexibility index (Phi) is 30.2. The third-order valence-corrected chi connectivity index (χ3v) is 7.90. The smallest absolute Gasteiger partial charge is 0.305 e. The van der Waals surface area contributed by atoms with Crippen LogP contribution in [0.3, 0.4) is 0 Å². The fourth-order valence-electron chi connectivity index (χ4n) is 5.31. The monoisotopic (exact) mass is 509 g/mol. The molecule has 2 heteroatoms. The summed E-state index contributed by atoms with van der Waals surface area (Å²) in [7, 11) is 0. The van der Waals surface area contributed by atoms with Crippen LogP contribution in [0.15, 0.2) is 0 Å². The van der Waals surface area contributed by atoms with Crippen molar-refractivity contribution in [2.75, 3.05) is 6.61 Å². The van der Waals surface area contributed by atoms with Crippen molar-refractivity contribution in [1.29, 1.82) is 0 Å². The molecule has 0 N–H and O–H groups in total. The molecule has 216 valence electrons. The summed E-state index contributed by atoms with van der Waals surface area (Å²) in [6.45, 7) is 7.52. The minimum Gasteiger partial charge on any atom is -0.465 e. The summed E-state index contributed by atoms with van der Waals surface area (Å²) in [6.07, 6.45) is 36.7. The highest BCUT2D eigenvalue weighted by Crippen LogP contribution is 2.21. The number of rotatable bonds is 30. The molecule has 0 bridgehead atoms. The van der Waals surface area contributed by atoms with Crippen molar-refractivity contribution in [1.82, 2.24) is 0 Å². The summed E-state index contributed by atoms with van der Waals surface area (Å²) in [4.78, 5) is 12.3. The van der Waals surface area contributed by atoms with E-state index >= 15 is 0 Å². The zero-order valence-corrected chi connectivity index (χ0v) is 25.4. The molecule has 0 aliphatic rings. The van der Waals surface area contributed by atoms with E-state index in [1.807, 2.05) is 0 Å². The van der Waals surface area contributed by atoms with Crippen molar-refractivity contribution < 1.29 is 9.53 Å². The Morgan fingerprint density at radius 3 is 1.11 bits per heavy atom. The lowest BCUT2D eigenvalue weighted by Gasteiger charge is -2.17. The number of ether oxygens (including phenoxy) is 1. The van der Waals surface area contributed by atoms with Gasteiger partial charge in [0.2, 0.25) is 0 Å². The van der Waals surface area contributed by atoms with Crippen LogP contribution in [0.2, 0.25) is 0 Å². The maximum Gasteiger partial charge on any atom is 0.305 e. The maximum absolute atomic E-state index is 12.3. The van der Waals surface area contributed by atoms with Gasteiger partial charge in [-0.15, -0.1) is 0 Å². The second-order valence-corrected chi connectivity index (χ2v) is 11.7. The lowest BCUT2D eigenvalue weighted by molar-refractivity contribution is -0.145. The third-order valence-electron chi connectivity index (χ3n) is 7.90. The zero-order valence-electron chi connectivity index (χ0n) is 25.4. The lowest BCUT2D eigenvalue weighted by atomic mass is 9.94. The van der Waals surface area contributed by atoms with Crippen LogP contribution >= 0.6 is 0 Å². The van der Waals surface area contributed by atoms with Crippen molar-refractivity contribution >= 4 is 5.97 Å². The Morgan fingerprint density at radius 2 is 0.750 bits per heavy atom. The van der Waals surface area contributed by atoms with Crippen LogP contribution in [0.25, 0.3) is 0 Å². The number of esters is 1. The van der Waals surface area contributed by atoms with E-state index in [4.69, 9.17) is 4.74 Å². The van der Waals surface area contributed by atoms with Gasteiger partial charge in [0.25, 0.3) is 0 Å². The average Bonchev–Trinajstić information content (AvgIpc) is 2.88. The molecule has 2 nitrogen and oxygen atoms in total. The molecule has 0 rings (SSSR count). The largest absolute Gasteiger partial charge is 0.465 e. The SMILES string of the molecule is CCCCCCCCCCCC(=O)OCC(CCCCCCCCC)CCCCCCCCCCC. The lowest BCUT2D eigenvalue weighted by Crippen LogP contribution is -2.14. The molecule has 0 aliphatic heterocycles. The molecule has 0 aromatic rings. The highest BCUT2D eigenvalue weighted by Gasteiger charge is 2.12. The molecule has 0 spiro atoms. The summed E-state index contributed by atoms with van der Waals surface area (Å²) in [5.41, 5.74) is 0. The molecule has 0 radical (unpaired) electrons. The maximum atomic E-state index is 12.3. The standard InChI is InChI=1S/C34H68O2/c1-4-7-10-13-16-18-21-24-27-30-33(29-26-23-20-15-12-9-6-3)32-36-34(35)31-28-25-22-19-17-14-11-8-5-2/h33H,4-32H2,1-3H3. The molecule has 36 heavy (non-hydrogen) atoms. The summed E-state index contributed by atoms with van der Waals surface area (Å²) >= 11 is 0. The molecule has 0 amide bonds. The van der Waals surface area contributed by atoms with Crippen LogP contribution in [0, 0.1) is 5.92 Å². The van der Waals surface area contributed by atoms with Gasteiger partial charge >= 0.3 is 5.97 Å². The van der Waals surface area contributed by atoms with Crippen molar-refractivity contribution in [3.8, 4) is 0 Å². The van der Waals surface area contributed by atoms with Crippen LogP contribution in [0.5, 0.6) is 0 Å². The summed E-state index contributed by atoms with van der Waals surface area (Å²) < 4.78 is 5.78. The van der Waals surface area contributed by atoms with Gasteiger partial charge in [0.15, 0.2) is 0 Å². The average molecular weight is 509 g/mol. The Hall–Kier alpha value is -0.530. The van der Waals surface area contributed by atoms with E-state index in [0.29, 0.717) is 18.9 Å². The molecule has 0 saturated heterocycles. The van der Waals surface area contributed by atoms with Crippen LogP contribution in [-0.2, 0) is 9.53 Å². The number of hydrogen-bond acceptors (Lipinski definition) is 2. The van der Waals surface area contributed by atoms with E-state index in [-0.39, 0.29) is 5.97 Å². The van der Waals surface area contributed by atoms with E-state index in [9.17, 15) is 4.79 Å². The van der Waals surface area contributed by atoms with Gasteiger partial charge in [-0.25, -0.2) is 0 Å². The fraction of sp³-hybridized carbons (Fsp3) is 0.971. The first-order valence-electron chi connectivity index (χ1n) is 16.9. The van der Waals surface area contributed by atoms with Gasteiger partial charge in [0.1, 0.15) is 0 Å². The Morgan fingerprint density at radius 1 is 0.444 bits per heavy atom. The zero-order chi connectivity index (χ0) is 26.4. The molecule has 1 atom stereocenters. The summed E-state index contributed by atoms with van der Waals surface area (Å²) in [5, 5.41) is 0. The van der Waals surface area contributed by atoms with E-state index in [1.165, 1.54) is 167 Å². The summed E-state index contributed by atoms with van der Waals surface area (Å²) in [6, 6.07) is 0. The summed E-state index contributed by atoms with van der Waals surface area (Å²) in [5.74, 6) is 0.631. The van der Waals surface area contributed by atoms with Crippen molar-refractivity contribution in [2.24, 2.45) is 5.92 Å². The molecule has 0 aliphatic carbocycles. The first kappa shape index (κ1) is 35.5. The van der Waals surface area contributed by atoms with E-state index in [1.54, 1.807) is 0 Å². The highest BCUT2D eigenvalue weighted by atomic mass is 16.5. The van der Waals surface area contributed by atoms with E-state index in [0.717, 1.165) is 6.42 Å². The van der Waals surface area contributed by atoms with Gasteiger partial charge in [-0.05, 0) is 25.2 Å². The Balaban J connectivity index is 3.97. The van der Waals surface area contributed by atoms with Crippen molar-refractivity contribution in [2.45, 2.75) is 201 Å². The van der Waals surface area contributed by atoms with Gasteiger partial charge in [0.05, 0.1) is 6.61 Å². The second kappa shape index (κ2) is 30.7. The molecule has 0 heterocycles. The molecular weight excluding hydrogens is 440 g/mol. The second-order valence-electron chi connectivity index (χ2n) is 11.7. The molecular formula is C34H68O2. The first-order valence-corrected chi connectivity index (χ1v) is 16.9. The minimum atomic E-state index is 0.0505. The van der Waals surface area contributed by atoms with Gasteiger partial charge in [-0.2, -0.15) is 0 Å². The molecule has 0 aromatic carbocycles. The van der Waals surface area contributed by atoms with Gasteiger partial charge in [-0.1, -0.05) is 175 Å². The minimum absolute atomic E-state index is 0.0505. The Labute approximate surface area is 228 Å². The van der Waals surface area contributed by atoms with Crippen LogP contribution in [0.4, 0.5) is 0 Å². The predicted octanol–water partition coefficient (Wildman–Crippen LogP) is 12.1. The van der Waals surface area contributed by atoms with Crippen LogP contribution in [-0.4, -0.2) is 12.6 Å². The number of hydrogen-bond donors (Lipinski definition) is 0. The van der Waals surface area contributed by atoms with Crippen molar-refractivity contribution in [3.63, 3.8) is 0 Å². The van der Waals surface area contributed by atoms with Gasteiger partial charge < -0.3 is 4.74 Å². The number of carbonyl (C=O) groups excluding carboxylic acids is 1. The molecule has 0 saturated carbocycles. The Bertz CT molecular complexity index is 419. The topological polar surface area (TPSA) is 26.3 Å².